The second-order valence-corrected chi connectivity index (χ2v) is 6.67. The molecule has 0 spiro atoms. The fourth-order valence-electron chi connectivity index (χ4n) is 2.98. The summed E-state index contributed by atoms with van der Waals surface area (Å²) < 4.78 is 11.4. The van der Waals surface area contributed by atoms with Gasteiger partial charge in [0.05, 0.1) is 36.2 Å². The maximum Gasteiger partial charge on any atom is 0.255 e. The number of anilines is 2. The van der Waals surface area contributed by atoms with Crippen LogP contribution in [0.25, 0.3) is 0 Å². The molecule has 0 atom stereocenters. The van der Waals surface area contributed by atoms with Gasteiger partial charge in [-0.3, -0.25) is 9.59 Å². The zero-order valence-electron chi connectivity index (χ0n) is 17.8. The Balaban J connectivity index is 1.91. The van der Waals surface area contributed by atoms with Crippen LogP contribution in [0.3, 0.4) is 0 Å². The molecule has 32 heavy (non-hydrogen) atoms. The van der Waals surface area contributed by atoms with Crippen LogP contribution < -0.4 is 20.1 Å². The zero-order valence-corrected chi connectivity index (χ0v) is 17.8. The lowest BCUT2D eigenvalue weighted by molar-refractivity contribution is 0.101. The third-order valence-electron chi connectivity index (χ3n) is 4.49. The summed E-state index contributed by atoms with van der Waals surface area (Å²) in [6.45, 7) is 4.38. The van der Waals surface area contributed by atoms with Gasteiger partial charge in [0.1, 0.15) is 11.5 Å². The second-order valence-electron chi connectivity index (χ2n) is 6.67. The van der Waals surface area contributed by atoms with Gasteiger partial charge in [0.15, 0.2) is 0 Å². The summed E-state index contributed by atoms with van der Waals surface area (Å²) in [6, 6.07) is 20.4. The topological polar surface area (TPSA) is 100 Å². The largest absolute Gasteiger partial charge is 0.492 e. The number of carbonyl (C=O) groups excluding carboxylic acids is 2. The van der Waals surface area contributed by atoms with E-state index in [0.29, 0.717) is 52.8 Å². The highest BCUT2D eigenvalue weighted by molar-refractivity contribution is 6.07. The van der Waals surface area contributed by atoms with Gasteiger partial charge in [0, 0.05) is 23.3 Å². The van der Waals surface area contributed by atoms with E-state index < -0.39 is 0 Å². The molecule has 0 bridgehead atoms. The highest BCUT2D eigenvalue weighted by atomic mass is 16.5. The molecule has 0 aliphatic rings. The van der Waals surface area contributed by atoms with Crippen molar-refractivity contribution >= 4 is 23.2 Å². The van der Waals surface area contributed by atoms with E-state index >= 15 is 0 Å². The summed E-state index contributed by atoms with van der Waals surface area (Å²) in [5, 5.41) is 14.6. The first-order valence-electron chi connectivity index (χ1n) is 10.2. The molecule has 3 rings (SSSR count). The molecule has 0 aliphatic carbocycles. The number of amides is 2. The van der Waals surface area contributed by atoms with Crippen LogP contribution in [0.1, 0.15) is 40.1 Å². The van der Waals surface area contributed by atoms with Crippen LogP contribution in [0, 0.1) is 11.3 Å². The van der Waals surface area contributed by atoms with Crippen LogP contribution in [0.4, 0.5) is 11.4 Å². The number of rotatable bonds is 8. The highest BCUT2D eigenvalue weighted by Crippen LogP contribution is 2.37. The van der Waals surface area contributed by atoms with E-state index in [2.05, 4.69) is 10.6 Å². The van der Waals surface area contributed by atoms with E-state index in [1.165, 1.54) is 0 Å². The average molecular weight is 429 g/mol. The van der Waals surface area contributed by atoms with Crippen LogP contribution in [0.15, 0.2) is 66.7 Å². The molecule has 2 N–H and O–H groups in total. The molecular weight excluding hydrogens is 406 g/mol. The molecule has 3 aromatic rings. The third kappa shape index (κ3) is 5.43. The van der Waals surface area contributed by atoms with E-state index in [0.717, 1.165) is 0 Å². The van der Waals surface area contributed by atoms with Crippen molar-refractivity contribution in [1.82, 2.24) is 0 Å². The fourth-order valence-corrected chi connectivity index (χ4v) is 2.98. The van der Waals surface area contributed by atoms with Gasteiger partial charge in [-0.25, -0.2) is 0 Å². The Morgan fingerprint density at radius 1 is 0.781 bits per heavy atom. The molecular formula is C25H23N3O4. The molecule has 162 valence electrons. The summed E-state index contributed by atoms with van der Waals surface area (Å²) in [5.74, 6) is 0.138. The summed E-state index contributed by atoms with van der Waals surface area (Å²) in [4.78, 5) is 25.4. The number of hydrogen-bond donors (Lipinski definition) is 2. The minimum Gasteiger partial charge on any atom is -0.492 e. The van der Waals surface area contributed by atoms with E-state index in [1.54, 1.807) is 60.7 Å². The smallest absolute Gasteiger partial charge is 0.255 e. The highest BCUT2D eigenvalue weighted by Gasteiger charge is 2.17. The van der Waals surface area contributed by atoms with Gasteiger partial charge in [-0.05, 0) is 50.2 Å². The summed E-state index contributed by atoms with van der Waals surface area (Å²) in [6.07, 6.45) is 0. The molecule has 7 nitrogen and oxygen atoms in total. The Hall–Kier alpha value is -4.31. The Kier molecular flexibility index (Phi) is 7.44. The first-order valence-corrected chi connectivity index (χ1v) is 10.2. The summed E-state index contributed by atoms with van der Waals surface area (Å²) in [7, 11) is 0. The Labute approximate surface area is 186 Å². The maximum atomic E-state index is 12.7. The molecule has 0 aromatic heterocycles. The summed E-state index contributed by atoms with van der Waals surface area (Å²) in [5.41, 5.74) is 2.20. The maximum absolute atomic E-state index is 12.7. The predicted octanol–water partition coefficient (Wildman–Crippen LogP) is 4.86. The van der Waals surface area contributed by atoms with Crippen molar-refractivity contribution in [1.29, 1.82) is 5.26 Å². The SMILES string of the molecule is CCOc1cc(NC(=O)c2ccc(C#N)cc2)c(OCC)cc1NC(=O)c1ccccc1. The molecule has 2 amide bonds. The minimum atomic E-state index is -0.362. The minimum absolute atomic E-state index is 0.289. The van der Waals surface area contributed by atoms with Crippen molar-refractivity contribution in [3.05, 3.63) is 83.4 Å². The first-order chi connectivity index (χ1) is 15.5. The van der Waals surface area contributed by atoms with Gasteiger partial charge < -0.3 is 20.1 Å². The molecule has 3 aromatic carbocycles. The molecule has 0 unspecified atom stereocenters. The standard InChI is InChI=1S/C25H23N3O4/c1-3-31-22-15-21(28-25(30)19-12-10-17(16-26)11-13-19)23(32-4-2)14-20(22)27-24(29)18-8-6-5-7-9-18/h5-15H,3-4H2,1-2H3,(H,27,29)(H,28,30). The van der Waals surface area contributed by atoms with E-state index in [1.807, 2.05) is 26.0 Å². The van der Waals surface area contributed by atoms with Crippen LogP contribution in [-0.4, -0.2) is 25.0 Å². The predicted molar refractivity (Wildman–Crippen MR) is 122 cm³/mol. The molecule has 0 radical (unpaired) electrons. The number of benzene rings is 3. The number of nitrogens with zero attached hydrogens (tertiary/aromatic N) is 1. The van der Waals surface area contributed by atoms with E-state index in [-0.39, 0.29) is 11.8 Å². The van der Waals surface area contributed by atoms with Crippen LogP contribution in [0.2, 0.25) is 0 Å². The Morgan fingerprint density at radius 3 is 1.69 bits per heavy atom. The lowest BCUT2D eigenvalue weighted by Crippen LogP contribution is -2.15. The van der Waals surface area contributed by atoms with Crippen LogP contribution in [-0.2, 0) is 0 Å². The van der Waals surface area contributed by atoms with Gasteiger partial charge in [-0.15, -0.1) is 0 Å². The van der Waals surface area contributed by atoms with Gasteiger partial charge in [-0.1, -0.05) is 18.2 Å². The van der Waals surface area contributed by atoms with Crippen molar-refractivity contribution < 1.29 is 19.1 Å². The van der Waals surface area contributed by atoms with Crippen LogP contribution >= 0.6 is 0 Å². The first kappa shape index (κ1) is 22.4. The average Bonchev–Trinajstić information content (AvgIpc) is 2.82. The van der Waals surface area contributed by atoms with Gasteiger partial charge in [0.2, 0.25) is 0 Å². The number of nitriles is 1. The molecule has 0 saturated heterocycles. The second kappa shape index (κ2) is 10.6. The van der Waals surface area contributed by atoms with Gasteiger partial charge in [0.25, 0.3) is 11.8 Å². The zero-order chi connectivity index (χ0) is 22.9. The van der Waals surface area contributed by atoms with Crippen molar-refractivity contribution in [3.63, 3.8) is 0 Å². The molecule has 7 heteroatoms. The van der Waals surface area contributed by atoms with Gasteiger partial charge in [-0.2, -0.15) is 5.26 Å². The van der Waals surface area contributed by atoms with Crippen molar-refractivity contribution in [2.24, 2.45) is 0 Å². The van der Waals surface area contributed by atoms with Crippen LogP contribution in [0.5, 0.6) is 11.5 Å². The van der Waals surface area contributed by atoms with Crippen molar-refractivity contribution in [2.75, 3.05) is 23.8 Å². The number of nitrogens with one attached hydrogen (secondary N) is 2. The number of carbonyl (C=O) groups is 2. The lowest BCUT2D eigenvalue weighted by atomic mass is 10.1. The monoisotopic (exact) mass is 429 g/mol. The van der Waals surface area contributed by atoms with Crippen molar-refractivity contribution in [3.8, 4) is 17.6 Å². The molecule has 0 aliphatic heterocycles. The lowest BCUT2D eigenvalue weighted by Gasteiger charge is -2.18. The Morgan fingerprint density at radius 2 is 1.25 bits per heavy atom. The number of ether oxygens (including phenoxy) is 2. The molecule has 0 fully saturated rings. The van der Waals surface area contributed by atoms with E-state index in [9.17, 15) is 9.59 Å². The van der Waals surface area contributed by atoms with Crippen molar-refractivity contribution in [2.45, 2.75) is 13.8 Å². The molecule has 0 saturated carbocycles. The van der Waals surface area contributed by atoms with E-state index in [4.69, 9.17) is 14.7 Å². The quantitative estimate of drug-likeness (QED) is 0.533. The summed E-state index contributed by atoms with van der Waals surface area (Å²) >= 11 is 0. The van der Waals surface area contributed by atoms with Gasteiger partial charge >= 0.3 is 0 Å². The molecule has 0 heterocycles. The normalized spacial score (nSPS) is 10.0. The number of hydrogen-bond acceptors (Lipinski definition) is 5. The Bertz CT molecular complexity index is 1140. The fraction of sp³-hybridized carbons (Fsp3) is 0.160. The third-order valence-corrected chi connectivity index (χ3v) is 4.49.